The SMILES string of the molecule is O=C([O-])c1cc(-c2cc(Cl)ccc2Cl)nc2ccccc12. The number of hydrogen-bond acceptors (Lipinski definition) is 3. The van der Waals surface area contributed by atoms with Gasteiger partial charge in [0.1, 0.15) is 0 Å². The number of aromatic nitrogens is 1. The molecule has 0 aliphatic carbocycles. The number of carbonyl (C=O) groups is 1. The van der Waals surface area contributed by atoms with Gasteiger partial charge in [0.25, 0.3) is 0 Å². The summed E-state index contributed by atoms with van der Waals surface area (Å²) < 4.78 is 0. The van der Waals surface area contributed by atoms with Crippen molar-refractivity contribution in [3.63, 3.8) is 0 Å². The van der Waals surface area contributed by atoms with Gasteiger partial charge in [-0.05, 0) is 30.3 Å². The third-order valence-electron chi connectivity index (χ3n) is 3.14. The van der Waals surface area contributed by atoms with E-state index in [2.05, 4.69) is 4.98 Å². The maximum absolute atomic E-state index is 11.4. The number of pyridine rings is 1. The normalized spacial score (nSPS) is 10.8. The fourth-order valence-electron chi connectivity index (χ4n) is 2.18. The van der Waals surface area contributed by atoms with Crippen LogP contribution in [0.25, 0.3) is 22.2 Å². The second-order valence-electron chi connectivity index (χ2n) is 4.48. The van der Waals surface area contributed by atoms with Gasteiger partial charge in [0.2, 0.25) is 0 Å². The number of carboxylic acid groups (broad SMARTS) is 1. The van der Waals surface area contributed by atoms with Crippen molar-refractivity contribution >= 4 is 40.1 Å². The molecule has 0 radical (unpaired) electrons. The van der Waals surface area contributed by atoms with E-state index >= 15 is 0 Å². The number of nitrogens with zero attached hydrogens (tertiary/aromatic N) is 1. The van der Waals surface area contributed by atoms with E-state index in [9.17, 15) is 9.90 Å². The number of fused-ring (bicyclic) bond motifs is 1. The average molecular weight is 317 g/mol. The molecule has 21 heavy (non-hydrogen) atoms. The number of para-hydroxylation sites is 1. The number of rotatable bonds is 2. The zero-order valence-corrected chi connectivity index (χ0v) is 12.2. The van der Waals surface area contributed by atoms with E-state index in [4.69, 9.17) is 23.2 Å². The molecule has 104 valence electrons. The van der Waals surface area contributed by atoms with Crippen LogP contribution in [-0.4, -0.2) is 11.0 Å². The van der Waals surface area contributed by atoms with Crippen molar-refractivity contribution in [3.8, 4) is 11.3 Å². The van der Waals surface area contributed by atoms with Gasteiger partial charge in [0.05, 0.1) is 22.2 Å². The Morgan fingerprint density at radius 2 is 1.81 bits per heavy atom. The number of carbonyl (C=O) groups excluding carboxylic acids is 1. The Kier molecular flexibility index (Phi) is 3.53. The first-order valence-corrected chi connectivity index (χ1v) is 6.88. The minimum Gasteiger partial charge on any atom is -0.545 e. The first-order chi connectivity index (χ1) is 10.1. The van der Waals surface area contributed by atoms with Crippen molar-refractivity contribution < 1.29 is 9.90 Å². The Bertz CT molecular complexity index is 862. The fourth-order valence-corrected chi connectivity index (χ4v) is 2.56. The molecule has 1 heterocycles. The highest BCUT2D eigenvalue weighted by molar-refractivity contribution is 6.35. The number of carboxylic acids is 1. The third kappa shape index (κ3) is 2.58. The second kappa shape index (κ2) is 5.35. The molecule has 0 saturated heterocycles. The van der Waals surface area contributed by atoms with E-state index in [0.717, 1.165) is 0 Å². The van der Waals surface area contributed by atoms with Crippen molar-refractivity contribution in [2.24, 2.45) is 0 Å². The summed E-state index contributed by atoms with van der Waals surface area (Å²) in [7, 11) is 0. The van der Waals surface area contributed by atoms with E-state index in [-0.39, 0.29) is 5.56 Å². The van der Waals surface area contributed by atoms with Crippen LogP contribution in [0, 0.1) is 0 Å². The maximum Gasteiger partial charge on any atom is 0.0731 e. The zero-order valence-electron chi connectivity index (χ0n) is 10.6. The summed E-state index contributed by atoms with van der Waals surface area (Å²) >= 11 is 12.1. The van der Waals surface area contributed by atoms with Crippen LogP contribution >= 0.6 is 23.2 Å². The largest absolute Gasteiger partial charge is 0.545 e. The lowest BCUT2D eigenvalue weighted by Gasteiger charge is -2.11. The maximum atomic E-state index is 11.4. The lowest BCUT2D eigenvalue weighted by Crippen LogP contribution is -2.22. The van der Waals surface area contributed by atoms with Crippen molar-refractivity contribution in [3.05, 3.63) is 64.1 Å². The molecule has 3 nitrogen and oxygen atoms in total. The van der Waals surface area contributed by atoms with Crippen molar-refractivity contribution in [1.82, 2.24) is 4.98 Å². The van der Waals surface area contributed by atoms with Crippen molar-refractivity contribution in [2.75, 3.05) is 0 Å². The number of aromatic carboxylic acids is 1. The van der Waals surface area contributed by atoms with Crippen LogP contribution in [0.5, 0.6) is 0 Å². The van der Waals surface area contributed by atoms with Crippen LogP contribution in [0.1, 0.15) is 10.4 Å². The minimum atomic E-state index is -1.26. The van der Waals surface area contributed by atoms with Gasteiger partial charge in [0.15, 0.2) is 0 Å². The van der Waals surface area contributed by atoms with E-state index in [1.165, 1.54) is 6.07 Å². The summed E-state index contributed by atoms with van der Waals surface area (Å²) in [5.41, 5.74) is 1.66. The summed E-state index contributed by atoms with van der Waals surface area (Å²) in [6.07, 6.45) is 0. The molecule has 0 aliphatic heterocycles. The highest BCUT2D eigenvalue weighted by Gasteiger charge is 2.11. The Morgan fingerprint density at radius 3 is 2.57 bits per heavy atom. The Hall–Kier alpha value is -2.10. The summed E-state index contributed by atoms with van der Waals surface area (Å²) in [6.45, 7) is 0. The highest BCUT2D eigenvalue weighted by Crippen LogP contribution is 2.31. The standard InChI is InChI=1S/C16H9Cl2NO2/c17-9-5-6-13(18)12(7-9)15-8-11(16(20)21)10-3-1-2-4-14(10)19-15/h1-8H,(H,20,21)/p-1. The monoisotopic (exact) mass is 316 g/mol. The summed E-state index contributed by atoms with van der Waals surface area (Å²) in [5.74, 6) is -1.26. The molecule has 0 amide bonds. The molecule has 0 fully saturated rings. The van der Waals surface area contributed by atoms with Crippen LogP contribution in [0.3, 0.4) is 0 Å². The molecule has 0 unspecified atom stereocenters. The van der Waals surface area contributed by atoms with Gasteiger partial charge < -0.3 is 9.90 Å². The number of hydrogen-bond donors (Lipinski definition) is 0. The first kappa shape index (κ1) is 13.9. The molecular formula is C16H8Cl2NO2-. The zero-order chi connectivity index (χ0) is 15.0. The van der Waals surface area contributed by atoms with Crippen LogP contribution in [0.4, 0.5) is 0 Å². The molecule has 0 bridgehead atoms. The average Bonchev–Trinajstić information content (AvgIpc) is 2.48. The molecular weight excluding hydrogens is 309 g/mol. The summed E-state index contributed by atoms with van der Waals surface area (Å²) in [5, 5.41) is 12.8. The lowest BCUT2D eigenvalue weighted by atomic mass is 10.0. The van der Waals surface area contributed by atoms with Crippen molar-refractivity contribution in [1.29, 1.82) is 0 Å². The second-order valence-corrected chi connectivity index (χ2v) is 5.33. The van der Waals surface area contributed by atoms with Crippen LogP contribution < -0.4 is 5.11 Å². The van der Waals surface area contributed by atoms with Gasteiger partial charge >= 0.3 is 0 Å². The van der Waals surface area contributed by atoms with Crippen LogP contribution in [-0.2, 0) is 0 Å². The Labute approximate surface area is 130 Å². The minimum absolute atomic E-state index is 0.0756. The van der Waals surface area contributed by atoms with Crippen molar-refractivity contribution in [2.45, 2.75) is 0 Å². The molecule has 5 heteroatoms. The molecule has 1 aromatic heterocycles. The van der Waals surface area contributed by atoms with Gasteiger partial charge in [-0.25, -0.2) is 4.98 Å². The smallest absolute Gasteiger partial charge is 0.0731 e. The van der Waals surface area contributed by atoms with E-state index in [0.29, 0.717) is 32.2 Å². The quantitative estimate of drug-likeness (QED) is 0.726. The predicted molar refractivity (Wildman–Crippen MR) is 81.5 cm³/mol. The molecule has 3 aromatic rings. The molecule has 2 aromatic carbocycles. The molecule has 0 aliphatic rings. The van der Waals surface area contributed by atoms with Gasteiger partial charge in [0, 0.05) is 21.5 Å². The summed E-state index contributed by atoms with van der Waals surface area (Å²) in [4.78, 5) is 15.8. The van der Waals surface area contributed by atoms with E-state index in [1.54, 1.807) is 42.5 Å². The highest BCUT2D eigenvalue weighted by atomic mass is 35.5. The Morgan fingerprint density at radius 1 is 1.05 bits per heavy atom. The molecule has 0 spiro atoms. The molecule has 0 saturated carbocycles. The summed E-state index contributed by atoms with van der Waals surface area (Å²) in [6, 6.07) is 13.4. The van der Waals surface area contributed by atoms with Gasteiger partial charge in [-0.1, -0.05) is 41.4 Å². The van der Waals surface area contributed by atoms with E-state index in [1.807, 2.05) is 0 Å². The van der Waals surface area contributed by atoms with Crippen LogP contribution in [0.2, 0.25) is 10.0 Å². The predicted octanol–water partition coefficient (Wildman–Crippen LogP) is 3.57. The first-order valence-electron chi connectivity index (χ1n) is 6.13. The lowest BCUT2D eigenvalue weighted by molar-refractivity contribution is -0.254. The molecule has 0 atom stereocenters. The number of halogens is 2. The van der Waals surface area contributed by atoms with Crippen LogP contribution in [0.15, 0.2) is 48.5 Å². The molecule has 0 N–H and O–H groups in total. The van der Waals surface area contributed by atoms with E-state index < -0.39 is 5.97 Å². The van der Waals surface area contributed by atoms with Gasteiger partial charge in [-0.15, -0.1) is 0 Å². The number of benzene rings is 2. The fraction of sp³-hybridized carbons (Fsp3) is 0. The Balaban J connectivity index is 2.33. The molecule has 3 rings (SSSR count). The van der Waals surface area contributed by atoms with Gasteiger partial charge in [-0.2, -0.15) is 0 Å². The topological polar surface area (TPSA) is 53.0 Å². The third-order valence-corrected chi connectivity index (χ3v) is 3.71. The van der Waals surface area contributed by atoms with Gasteiger partial charge in [-0.3, -0.25) is 0 Å².